The van der Waals surface area contributed by atoms with Gasteiger partial charge in [0.1, 0.15) is 11.6 Å². The van der Waals surface area contributed by atoms with Crippen LogP contribution in [0.15, 0.2) is 18.2 Å². The number of benzene rings is 1. The Morgan fingerprint density at radius 2 is 1.76 bits per heavy atom. The highest BCUT2D eigenvalue weighted by Gasteiger charge is 2.22. The molecule has 0 heterocycles. The van der Waals surface area contributed by atoms with E-state index in [-0.39, 0.29) is 12.1 Å². The molecule has 1 unspecified atom stereocenters. The lowest BCUT2D eigenvalue weighted by atomic mass is 10.0. The molecule has 1 aromatic carbocycles. The number of rotatable bonds is 5. The molecule has 0 aliphatic rings. The fourth-order valence-corrected chi connectivity index (χ4v) is 2.05. The van der Waals surface area contributed by atoms with E-state index >= 15 is 0 Å². The average molecular weight is 242 g/mol. The molecule has 0 bridgehead atoms. The van der Waals surface area contributed by atoms with Gasteiger partial charge in [-0.2, -0.15) is 0 Å². The first-order valence-corrected chi connectivity index (χ1v) is 5.81. The van der Waals surface area contributed by atoms with Crippen LogP contribution in [-0.4, -0.2) is 25.0 Å². The lowest BCUT2D eigenvalue weighted by Gasteiger charge is -2.29. The highest BCUT2D eigenvalue weighted by atomic mass is 19.1. The van der Waals surface area contributed by atoms with Gasteiger partial charge in [-0.15, -0.1) is 0 Å². The number of halogens is 2. The third-order valence-electron chi connectivity index (χ3n) is 2.74. The molecule has 0 spiro atoms. The van der Waals surface area contributed by atoms with Gasteiger partial charge >= 0.3 is 0 Å². The summed E-state index contributed by atoms with van der Waals surface area (Å²) in [4.78, 5) is 1.90. The number of hydrogen-bond donors (Lipinski definition) is 1. The number of nitrogens with zero attached hydrogens (tertiary/aromatic N) is 1. The van der Waals surface area contributed by atoms with Gasteiger partial charge in [0, 0.05) is 18.7 Å². The fraction of sp³-hybridized carbons (Fsp3) is 0.538. The number of nitrogens with two attached hydrogens (primary N) is 1. The molecule has 4 heteroatoms. The Morgan fingerprint density at radius 3 is 2.18 bits per heavy atom. The van der Waals surface area contributed by atoms with Gasteiger partial charge in [-0.25, -0.2) is 8.78 Å². The van der Waals surface area contributed by atoms with Crippen molar-refractivity contribution in [2.75, 3.05) is 20.1 Å². The van der Waals surface area contributed by atoms with Crippen molar-refractivity contribution in [1.82, 2.24) is 4.90 Å². The topological polar surface area (TPSA) is 29.3 Å². The van der Waals surface area contributed by atoms with Crippen molar-refractivity contribution in [3.8, 4) is 0 Å². The van der Waals surface area contributed by atoms with E-state index in [1.54, 1.807) is 0 Å². The van der Waals surface area contributed by atoms with Crippen LogP contribution in [0.4, 0.5) is 8.78 Å². The maximum absolute atomic E-state index is 13.7. The van der Waals surface area contributed by atoms with E-state index in [4.69, 9.17) is 5.73 Å². The van der Waals surface area contributed by atoms with Gasteiger partial charge in [0.15, 0.2) is 0 Å². The molecule has 0 saturated heterocycles. The van der Waals surface area contributed by atoms with E-state index in [0.29, 0.717) is 5.92 Å². The van der Waals surface area contributed by atoms with Crippen molar-refractivity contribution in [3.63, 3.8) is 0 Å². The standard InChI is InChI=1S/C13H20F2N2/c1-9(2)8-17(3)12(7-16)13-10(14)5-4-6-11(13)15/h4-6,9,12H,7-8,16H2,1-3H3. The van der Waals surface area contributed by atoms with Crippen LogP contribution in [0, 0.1) is 17.6 Å². The second kappa shape index (κ2) is 6.07. The minimum atomic E-state index is -0.531. The molecule has 1 aromatic rings. The van der Waals surface area contributed by atoms with Crippen LogP contribution in [0.5, 0.6) is 0 Å². The predicted molar refractivity (Wildman–Crippen MR) is 65.6 cm³/mol. The Bertz CT molecular complexity index is 346. The summed E-state index contributed by atoms with van der Waals surface area (Å²) in [6, 6.07) is 3.48. The zero-order valence-corrected chi connectivity index (χ0v) is 10.6. The van der Waals surface area contributed by atoms with E-state index in [9.17, 15) is 8.78 Å². The molecular weight excluding hydrogens is 222 g/mol. The van der Waals surface area contributed by atoms with Gasteiger partial charge in [-0.05, 0) is 25.1 Å². The largest absolute Gasteiger partial charge is 0.329 e. The first-order chi connectivity index (χ1) is 7.97. The van der Waals surface area contributed by atoms with Gasteiger partial charge < -0.3 is 5.73 Å². The zero-order valence-electron chi connectivity index (χ0n) is 10.6. The van der Waals surface area contributed by atoms with Crippen molar-refractivity contribution in [1.29, 1.82) is 0 Å². The number of hydrogen-bond acceptors (Lipinski definition) is 2. The lowest BCUT2D eigenvalue weighted by molar-refractivity contribution is 0.215. The zero-order chi connectivity index (χ0) is 13.0. The number of likely N-dealkylation sites (N-methyl/N-ethyl adjacent to an activating group) is 1. The lowest BCUT2D eigenvalue weighted by Crippen LogP contribution is -2.34. The highest BCUT2D eigenvalue weighted by molar-refractivity contribution is 5.23. The summed E-state index contributed by atoms with van der Waals surface area (Å²) >= 11 is 0. The third-order valence-corrected chi connectivity index (χ3v) is 2.74. The van der Waals surface area contributed by atoms with E-state index in [2.05, 4.69) is 13.8 Å². The van der Waals surface area contributed by atoms with Gasteiger partial charge in [-0.1, -0.05) is 19.9 Å². The van der Waals surface area contributed by atoms with Crippen LogP contribution in [0.25, 0.3) is 0 Å². The summed E-state index contributed by atoms with van der Waals surface area (Å²) in [5.74, 6) is -0.643. The molecule has 0 saturated carbocycles. The first kappa shape index (κ1) is 14.1. The minimum Gasteiger partial charge on any atom is -0.329 e. The maximum atomic E-state index is 13.7. The highest BCUT2D eigenvalue weighted by Crippen LogP contribution is 2.24. The molecule has 96 valence electrons. The molecular formula is C13H20F2N2. The van der Waals surface area contributed by atoms with Crippen LogP contribution in [0.1, 0.15) is 25.5 Å². The molecule has 0 amide bonds. The van der Waals surface area contributed by atoms with Crippen molar-refractivity contribution >= 4 is 0 Å². The minimum absolute atomic E-state index is 0.0677. The van der Waals surface area contributed by atoms with Gasteiger partial charge in [-0.3, -0.25) is 4.90 Å². The van der Waals surface area contributed by atoms with Crippen molar-refractivity contribution < 1.29 is 8.78 Å². The van der Waals surface area contributed by atoms with Crippen LogP contribution in [-0.2, 0) is 0 Å². The molecule has 0 aliphatic carbocycles. The Hall–Kier alpha value is -1.00. The van der Waals surface area contributed by atoms with E-state index < -0.39 is 17.7 Å². The van der Waals surface area contributed by atoms with Crippen LogP contribution >= 0.6 is 0 Å². The van der Waals surface area contributed by atoms with E-state index in [1.807, 2.05) is 11.9 Å². The first-order valence-electron chi connectivity index (χ1n) is 5.81. The molecule has 2 nitrogen and oxygen atoms in total. The molecule has 1 atom stereocenters. The summed E-state index contributed by atoms with van der Waals surface area (Å²) in [6.07, 6.45) is 0. The summed E-state index contributed by atoms with van der Waals surface area (Å²) in [6.45, 7) is 5.06. The normalized spacial score (nSPS) is 13.4. The molecule has 1 rings (SSSR count). The summed E-state index contributed by atoms with van der Waals surface area (Å²) in [7, 11) is 1.84. The maximum Gasteiger partial charge on any atom is 0.130 e. The molecule has 2 N–H and O–H groups in total. The Balaban J connectivity index is 3.01. The summed E-state index contributed by atoms with van der Waals surface area (Å²) in [5, 5.41) is 0. The van der Waals surface area contributed by atoms with E-state index in [0.717, 1.165) is 6.54 Å². The summed E-state index contributed by atoms with van der Waals surface area (Å²) < 4.78 is 27.3. The SMILES string of the molecule is CC(C)CN(C)C(CN)c1c(F)cccc1F. The summed E-state index contributed by atoms with van der Waals surface area (Å²) in [5.41, 5.74) is 5.71. The van der Waals surface area contributed by atoms with Crippen LogP contribution < -0.4 is 5.73 Å². The van der Waals surface area contributed by atoms with Crippen LogP contribution in [0.3, 0.4) is 0 Å². The molecule has 0 radical (unpaired) electrons. The molecule has 17 heavy (non-hydrogen) atoms. The Morgan fingerprint density at radius 1 is 1.24 bits per heavy atom. The monoisotopic (exact) mass is 242 g/mol. The van der Waals surface area contributed by atoms with Gasteiger partial charge in [0.25, 0.3) is 0 Å². The van der Waals surface area contributed by atoms with Crippen LogP contribution in [0.2, 0.25) is 0 Å². The Kier molecular flexibility index (Phi) is 5.02. The predicted octanol–water partition coefficient (Wildman–Crippen LogP) is 2.55. The molecule has 0 fully saturated rings. The Labute approximate surface area is 101 Å². The fourth-order valence-electron chi connectivity index (χ4n) is 2.05. The van der Waals surface area contributed by atoms with E-state index in [1.165, 1.54) is 18.2 Å². The van der Waals surface area contributed by atoms with Crippen molar-refractivity contribution in [2.24, 2.45) is 11.7 Å². The second-order valence-electron chi connectivity index (χ2n) is 4.72. The second-order valence-corrected chi connectivity index (χ2v) is 4.72. The van der Waals surface area contributed by atoms with Gasteiger partial charge in [0.2, 0.25) is 0 Å². The quantitative estimate of drug-likeness (QED) is 0.859. The smallest absolute Gasteiger partial charge is 0.130 e. The average Bonchev–Trinajstić information content (AvgIpc) is 2.22. The van der Waals surface area contributed by atoms with Crippen molar-refractivity contribution in [3.05, 3.63) is 35.4 Å². The molecule has 0 aliphatic heterocycles. The molecule has 0 aromatic heterocycles. The van der Waals surface area contributed by atoms with Gasteiger partial charge in [0.05, 0.1) is 6.04 Å². The van der Waals surface area contributed by atoms with Crippen molar-refractivity contribution in [2.45, 2.75) is 19.9 Å². The third kappa shape index (κ3) is 3.48.